The SMILES string of the molecule is CNC(CCCOC)c1ccccn1. The van der Waals surface area contributed by atoms with Crippen molar-refractivity contribution in [3.63, 3.8) is 0 Å². The van der Waals surface area contributed by atoms with E-state index in [9.17, 15) is 0 Å². The van der Waals surface area contributed by atoms with Gasteiger partial charge in [-0.25, -0.2) is 0 Å². The number of ether oxygens (including phenoxy) is 1. The zero-order valence-electron chi connectivity index (χ0n) is 8.86. The molecule has 0 fully saturated rings. The number of aromatic nitrogens is 1. The van der Waals surface area contributed by atoms with Gasteiger partial charge in [-0.3, -0.25) is 4.98 Å². The van der Waals surface area contributed by atoms with Crippen LogP contribution in [-0.4, -0.2) is 25.7 Å². The minimum Gasteiger partial charge on any atom is -0.385 e. The van der Waals surface area contributed by atoms with Gasteiger partial charge < -0.3 is 10.1 Å². The van der Waals surface area contributed by atoms with Crippen LogP contribution in [0.4, 0.5) is 0 Å². The molecule has 1 atom stereocenters. The molecule has 0 saturated carbocycles. The highest BCUT2D eigenvalue weighted by Crippen LogP contribution is 2.14. The molecule has 0 radical (unpaired) electrons. The molecule has 1 aromatic rings. The van der Waals surface area contributed by atoms with Crippen molar-refractivity contribution >= 4 is 0 Å². The Labute approximate surface area is 85.5 Å². The molecule has 1 heterocycles. The summed E-state index contributed by atoms with van der Waals surface area (Å²) in [4.78, 5) is 4.33. The first-order valence-electron chi connectivity index (χ1n) is 4.95. The average Bonchev–Trinajstić information content (AvgIpc) is 2.26. The van der Waals surface area contributed by atoms with Crippen LogP contribution < -0.4 is 5.32 Å². The Morgan fingerprint density at radius 2 is 2.36 bits per heavy atom. The van der Waals surface area contributed by atoms with Crippen LogP contribution in [0, 0.1) is 0 Å². The largest absolute Gasteiger partial charge is 0.385 e. The third kappa shape index (κ3) is 3.44. The predicted molar refractivity (Wildman–Crippen MR) is 57.1 cm³/mol. The molecule has 1 N–H and O–H groups in total. The van der Waals surface area contributed by atoms with E-state index in [-0.39, 0.29) is 0 Å². The fraction of sp³-hybridized carbons (Fsp3) is 0.545. The van der Waals surface area contributed by atoms with Crippen molar-refractivity contribution < 1.29 is 4.74 Å². The maximum Gasteiger partial charge on any atom is 0.0573 e. The third-order valence-electron chi connectivity index (χ3n) is 2.23. The second-order valence-corrected chi connectivity index (χ2v) is 3.23. The molecule has 1 aromatic heterocycles. The van der Waals surface area contributed by atoms with Crippen LogP contribution in [0.25, 0.3) is 0 Å². The Morgan fingerprint density at radius 1 is 1.50 bits per heavy atom. The monoisotopic (exact) mass is 194 g/mol. The molecular weight excluding hydrogens is 176 g/mol. The van der Waals surface area contributed by atoms with Crippen molar-refractivity contribution in [3.05, 3.63) is 30.1 Å². The van der Waals surface area contributed by atoms with Crippen LogP contribution >= 0.6 is 0 Å². The molecule has 0 spiro atoms. The topological polar surface area (TPSA) is 34.1 Å². The highest BCUT2D eigenvalue weighted by atomic mass is 16.5. The van der Waals surface area contributed by atoms with Gasteiger partial charge in [0, 0.05) is 26.0 Å². The summed E-state index contributed by atoms with van der Waals surface area (Å²) in [6.07, 6.45) is 3.94. The van der Waals surface area contributed by atoms with E-state index in [1.54, 1.807) is 7.11 Å². The van der Waals surface area contributed by atoms with E-state index in [0.29, 0.717) is 6.04 Å². The molecule has 0 saturated heterocycles. The zero-order chi connectivity index (χ0) is 10.2. The molecule has 3 nitrogen and oxygen atoms in total. The average molecular weight is 194 g/mol. The van der Waals surface area contributed by atoms with E-state index >= 15 is 0 Å². The Hall–Kier alpha value is -0.930. The molecule has 0 bridgehead atoms. The number of hydrogen-bond acceptors (Lipinski definition) is 3. The van der Waals surface area contributed by atoms with Gasteiger partial charge in [-0.1, -0.05) is 6.07 Å². The molecule has 14 heavy (non-hydrogen) atoms. The molecule has 3 heteroatoms. The fourth-order valence-electron chi connectivity index (χ4n) is 1.45. The lowest BCUT2D eigenvalue weighted by Gasteiger charge is -2.14. The van der Waals surface area contributed by atoms with Crippen LogP contribution in [0.1, 0.15) is 24.6 Å². The summed E-state index contributed by atoms with van der Waals surface area (Å²) in [7, 11) is 3.70. The third-order valence-corrected chi connectivity index (χ3v) is 2.23. The van der Waals surface area contributed by atoms with Crippen LogP contribution in [-0.2, 0) is 4.74 Å². The van der Waals surface area contributed by atoms with E-state index in [4.69, 9.17) is 4.74 Å². The lowest BCUT2D eigenvalue weighted by Crippen LogP contribution is -2.17. The maximum absolute atomic E-state index is 5.02. The summed E-state index contributed by atoms with van der Waals surface area (Å²) < 4.78 is 5.02. The van der Waals surface area contributed by atoms with E-state index in [1.807, 2.05) is 31.4 Å². The van der Waals surface area contributed by atoms with Gasteiger partial charge in [-0.15, -0.1) is 0 Å². The Balaban J connectivity index is 2.46. The number of nitrogens with one attached hydrogen (secondary N) is 1. The van der Waals surface area contributed by atoms with Gasteiger partial charge >= 0.3 is 0 Å². The van der Waals surface area contributed by atoms with E-state index in [0.717, 1.165) is 25.1 Å². The normalized spacial score (nSPS) is 12.7. The Morgan fingerprint density at radius 3 is 2.93 bits per heavy atom. The van der Waals surface area contributed by atoms with Crippen LogP contribution in [0.15, 0.2) is 24.4 Å². The molecule has 0 aromatic carbocycles. The van der Waals surface area contributed by atoms with Gasteiger partial charge in [0.1, 0.15) is 0 Å². The number of pyridine rings is 1. The highest BCUT2D eigenvalue weighted by molar-refractivity contribution is 5.08. The first-order valence-corrected chi connectivity index (χ1v) is 4.95. The standard InChI is InChI=1S/C11H18N2O/c1-12-10(7-5-9-14-2)11-6-3-4-8-13-11/h3-4,6,8,10,12H,5,7,9H2,1-2H3. The van der Waals surface area contributed by atoms with E-state index in [1.165, 1.54) is 0 Å². The van der Waals surface area contributed by atoms with Gasteiger partial charge in [0.05, 0.1) is 5.69 Å². The molecule has 0 amide bonds. The van der Waals surface area contributed by atoms with Crippen molar-refractivity contribution in [1.82, 2.24) is 10.3 Å². The van der Waals surface area contributed by atoms with Crippen LogP contribution in [0.3, 0.4) is 0 Å². The Bertz CT molecular complexity index is 238. The van der Waals surface area contributed by atoms with Gasteiger partial charge in [0.25, 0.3) is 0 Å². The quantitative estimate of drug-likeness (QED) is 0.701. The smallest absolute Gasteiger partial charge is 0.0573 e. The summed E-state index contributed by atoms with van der Waals surface area (Å²) in [5.74, 6) is 0. The molecule has 1 unspecified atom stereocenters. The zero-order valence-corrected chi connectivity index (χ0v) is 8.86. The summed E-state index contributed by atoms with van der Waals surface area (Å²) >= 11 is 0. The van der Waals surface area contributed by atoms with Crippen molar-refractivity contribution in [2.75, 3.05) is 20.8 Å². The van der Waals surface area contributed by atoms with Crippen LogP contribution in [0.2, 0.25) is 0 Å². The van der Waals surface area contributed by atoms with Gasteiger partial charge in [0.15, 0.2) is 0 Å². The fourth-order valence-corrected chi connectivity index (χ4v) is 1.45. The van der Waals surface area contributed by atoms with E-state index < -0.39 is 0 Å². The van der Waals surface area contributed by atoms with Crippen LogP contribution in [0.5, 0.6) is 0 Å². The molecule has 0 aliphatic carbocycles. The van der Waals surface area contributed by atoms with Gasteiger partial charge in [-0.2, -0.15) is 0 Å². The number of rotatable bonds is 6. The second-order valence-electron chi connectivity index (χ2n) is 3.23. The first kappa shape index (κ1) is 11.1. The van der Waals surface area contributed by atoms with Crippen molar-refractivity contribution in [3.8, 4) is 0 Å². The highest BCUT2D eigenvalue weighted by Gasteiger charge is 2.08. The lowest BCUT2D eigenvalue weighted by atomic mass is 10.1. The molecular formula is C11H18N2O. The van der Waals surface area contributed by atoms with Crippen molar-refractivity contribution in [2.24, 2.45) is 0 Å². The minimum atomic E-state index is 0.339. The van der Waals surface area contributed by atoms with Crippen molar-refractivity contribution in [1.29, 1.82) is 0 Å². The minimum absolute atomic E-state index is 0.339. The van der Waals surface area contributed by atoms with Gasteiger partial charge in [-0.05, 0) is 32.0 Å². The van der Waals surface area contributed by atoms with Gasteiger partial charge in [0.2, 0.25) is 0 Å². The number of nitrogens with zero attached hydrogens (tertiary/aromatic N) is 1. The first-order chi connectivity index (χ1) is 6.88. The van der Waals surface area contributed by atoms with E-state index in [2.05, 4.69) is 10.3 Å². The summed E-state index contributed by atoms with van der Waals surface area (Å²) in [5.41, 5.74) is 1.10. The maximum atomic E-state index is 5.02. The Kier molecular flexibility index (Phi) is 5.19. The number of methoxy groups -OCH3 is 1. The predicted octanol–water partition coefficient (Wildman–Crippen LogP) is 1.77. The molecule has 1 rings (SSSR count). The summed E-state index contributed by atoms with van der Waals surface area (Å²) in [5, 5.41) is 3.26. The number of hydrogen-bond donors (Lipinski definition) is 1. The second kappa shape index (κ2) is 6.51. The molecule has 0 aliphatic heterocycles. The summed E-state index contributed by atoms with van der Waals surface area (Å²) in [6.45, 7) is 0.811. The molecule has 0 aliphatic rings. The van der Waals surface area contributed by atoms with Crippen molar-refractivity contribution in [2.45, 2.75) is 18.9 Å². The molecule has 78 valence electrons. The summed E-state index contributed by atoms with van der Waals surface area (Å²) in [6, 6.07) is 6.34. The lowest BCUT2D eigenvalue weighted by molar-refractivity contribution is 0.189.